The second-order valence-electron chi connectivity index (χ2n) is 6.36. The summed E-state index contributed by atoms with van der Waals surface area (Å²) in [7, 11) is 0. The third-order valence-electron chi connectivity index (χ3n) is 3.53. The van der Waals surface area contributed by atoms with E-state index >= 15 is 0 Å². The zero-order valence-corrected chi connectivity index (χ0v) is 15.8. The summed E-state index contributed by atoms with van der Waals surface area (Å²) >= 11 is 5.98. The first-order valence-corrected chi connectivity index (χ1v) is 10.7. The average Bonchev–Trinajstić information content (AvgIpc) is 2.43. The Morgan fingerprint density at radius 1 is 1.05 bits per heavy atom. The fourth-order valence-corrected chi connectivity index (χ4v) is 4.83. The van der Waals surface area contributed by atoms with Crippen molar-refractivity contribution < 1.29 is 0 Å². The molecule has 3 heteroatoms. The van der Waals surface area contributed by atoms with Crippen LogP contribution >= 0.6 is 11.6 Å². The van der Waals surface area contributed by atoms with Crippen LogP contribution < -0.4 is 0 Å². The van der Waals surface area contributed by atoms with Gasteiger partial charge in [0, 0.05) is 0 Å². The second-order valence-corrected chi connectivity index (χ2v) is 9.59. The summed E-state index contributed by atoms with van der Waals surface area (Å²) in [5.41, 5.74) is 4.45. The number of hydrogen-bond acceptors (Lipinski definition) is 1. The summed E-state index contributed by atoms with van der Waals surface area (Å²) in [5, 5.41) is 3.18. The van der Waals surface area contributed by atoms with Gasteiger partial charge in [0.1, 0.15) is 0 Å². The Morgan fingerprint density at radius 2 is 1.76 bits per heavy atom. The SMILES string of the molecule is CC(C)(C)c1ccc(C[AsH]CCc2ccnc(Cl)c2)cc1. The van der Waals surface area contributed by atoms with Crippen LogP contribution in [0.15, 0.2) is 42.6 Å². The molecule has 0 amide bonds. The molecule has 0 spiro atoms. The van der Waals surface area contributed by atoms with Crippen LogP contribution in [0.2, 0.25) is 10.4 Å². The van der Waals surface area contributed by atoms with Gasteiger partial charge in [-0.1, -0.05) is 0 Å². The number of aromatic nitrogens is 1. The van der Waals surface area contributed by atoms with Gasteiger partial charge in [-0.15, -0.1) is 0 Å². The molecule has 1 atom stereocenters. The molecule has 0 saturated carbocycles. The summed E-state index contributed by atoms with van der Waals surface area (Å²) in [6.45, 7) is 6.78. The van der Waals surface area contributed by atoms with Crippen LogP contribution in [0.25, 0.3) is 0 Å². The monoisotopic (exact) mass is 363 g/mol. The Bertz CT molecular complexity index is 573. The van der Waals surface area contributed by atoms with Gasteiger partial charge in [0.15, 0.2) is 0 Å². The number of benzene rings is 1. The van der Waals surface area contributed by atoms with Crippen LogP contribution in [0.1, 0.15) is 37.5 Å². The van der Waals surface area contributed by atoms with Crippen LogP contribution in [0.5, 0.6) is 0 Å². The standard InChI is InChI=1S/C18H23AsClN/c1-18(2,3)16-6-4-15(5-7-16)13-19-10-8-14-9-11-21-17(20)12-14/h4-7,9,11-12,19H,8,10,13H2,1-3H3. The van der Waals surface area contributed by atoms with E-state index in [1.807, 2.05) is 6.07 Å². The van der Waals surface area contributed by atoms with Crippen LogP contribution in [0.4, 0.5) is 0 Å². The van der Waals surface area contributed by atoms with Crippen molar-refractivity contribution in [2.75, 3.05) is 0 Å². The Kier molecular flexibility index (Phi) is 5.90. The summed E-state index contributed by atoms with van der Waals surface area (Å²) in [4.78, 5) is 4.02. The first kappa shape index (κ1) is 16.6. The van der Waals surface area contributed by atoms with Crippen molar-refractivity contribution in [2.45, 2.75) is 43.0 Å². The fourth-order valence-electron chi connectivity index (χ4n) is 2.19. The molecule has 1 heterocycles. The van der Waals surface area contributed by atoms with Gasteiger partial charge in [0.05, 0.1) is 0 Å². The molecule has 112 valence electrons. The molecule has 0 aliphatic heterocycles. The van der Waals surface area contributed by atoms with Crippen molar-refractivity contribution in [3.05, 3.63) is 64.4 Å². The number of pyridine rings is 1. The third-order valence-corrected chi connectivity index (χ3v) is 6.38. The predicted molar refractivity (Wildman–Crippen MR) is 93.8 cm³/mol. The topological polar surface area (TPSA) is 12.9 Å². The number of rotatable bonds is 5. The van der Waals surface area contributed by atoms with E-state index in [1.165, 1.54) is 27.1 Å². The molecule has 0 fully saturated rings. The molecule has 0 bridgehead atoms. The Labute approximate surface area is 139 Å². The van der Waals surface area contributed by atoms with Crippen molar-refractivity contribution in [1.82, 2.24) is 4.98 Å². The molecule has 21 heavy (non-hydrogen) atoms. The van der Waals surface area contributed by atoms with Crippen molar-refractivity contribution in [3.8, 4) is 0 Å². The first-order valence-electron chi connectivity index (χ1n) is 7.36. The van der Waals surface area contributed by atoms with Gasteiger partial charge in [-0.3, -0.25) is 0 Å². The van der Waals surface area contributed by atoms with Crippen molar-refractivity contribution in [1.29, 1.82) is 0 Å². The molecule has 2 rings (SSSR count). The molecule has 1 aromatic carbocycles. The van der Waals surface area contributed by atoms with Gasteiger partial charge in [-0.2, -0.15) is 0 Å². The quantitative estimate of drug-likeness (QED) is 0.429. The fraction of sp³-hybridized carbons (Fsp3) is 0.389. The summed E-state index contributed by atoms with van der Waals surface area (Å²) in [6.07, 6.45) is 2.92. The Hall–Kier alpha value is -0.782. The third kappa shape index (κ3) is 5.49. The van der Waals surface area contributed by atoms with E-state index in [0.29, 0.717) is 5.15 Å². The Morgan fingerprint density at radius 3 is 2.38 bits per heavy atom. The predicted octanol–water partition coefficient (Wildman–Crippen LogP) is 4.63. The molecule has 1 nitrogen and oxygen atoms in total. The van der Waals surface area contributed by atoms with Crippen molar-refractivity contribution in [2.24, 2.45) is 0 Å². The summed E-state index contributed by atoms with van der Waals surface area (Å²) < 4.78 is 0. The van der Waals surface area contributed by atoms with Gasteiger partial charge in [0.25, 0.3) is 0 Å². The van der Waals surface area contributed by atoms with Crippen LogP contribution in [0, 0.1) is 0 Å². The molecular formula is C18H23AsClN. The van der Waals surface area contributed by atoms with Gasteiger partial charge in [-0.05, 0) is 0 Å². The molecule has 1 aromatic heterocycles. The van der Waals surface area contributed by atoms with Crippen LogP contribution in [0.3, 0.4) is 0 Å². The minimum atomic E-state index is 0.0726. The second kappa shape index (κ2) is 7.47. The van der Waals surface area contributed by atoms with Gasteiger partial charge in [0.2, 0.25) is 0 Å². The Balaban J connectivity index is 1.79. The molecule has 0 N–H and O–H groups in total. The molecule has 1 unspecified atom stereocenters. The van der Waals surface area contributed by atoms with E-state index in [9.17, 15) is 0 Å². The van der Waals surface area contributed by atoms with E-state index in [4.69, 9.17) is 11.6 Å². The van der Waals surface area contributed by atoms with Gasteiger partial charge in [-0.25, -0.2) is 0 Å². The van der Waals surface area contributed by atoms with Crippen molar-refractivity contribution >= 4 is 27.4 Å². The molecule has 0 saturated heterocycles. The normalized spacial score (nSPS) is 12.2. The summed E-state index contributed by atoms with van der Waals surface area (Å²) in [6, 6.07) is 13.2. The maximum atomic E-state index is 5.90. The minimum absolute atomic E-state index is 0.0726. The van der Waals surface area contributed by atoms with Crippen LogP contribution in [-0.4, -0.2) is 20.7 Å². The maximum absolute atomic E-state index is 5.90. The number of halogens is 1. The van der Waals surface area contributed by atoms with Crippen LogP contribution in [-0.2, 0) is 17.0 Å². The van der Waals surface area contributed by atoms with Crippen molar-refractivity contribution in [3.63, 3.8) is 0 Å². The van der Waals surface area contributed by atoms with E-state index in [-0.39, 0.29) is 21.2 Å². The molecule has 0 aliphatic carbocycles. The first-order chi connectivity index (χ1) is 9.95. The number of nitrogens with zero attached hydrogens (tertiary/aromatic N) is 1. The van der Waals surface area contributed by atoms with E-state index in [2.05, 4.69) is 56.1 Å². The zero-order valence-electron chi connectivity index (χ0n) is 13.0. The average molecular weight is 364 g/mol. The van der Waals surface area contributed by atoms with Gasteiger partial charge >= 0.3 is 140 Å². The molecule has 2 aromatic rings. The number of hydrogen-bond donors (Lipinski definition) is 0. The number of aryl methyl sites for hydroxylation is 1. The molecule has 0 aliphatic rings. The van der Waals surface area contributed by atoms with E-state index in [0.717, 1.165) is 6.42 Å². The van der Waals surface area contributed by atoms with E-state index in [1.54, 1.807) is 6.20 Å². The van der Waals surface area contributed by atoms with E-state index < -0.39 is 0 Å². The zero-order chi connectivity index (χ0) is 15.3. The van der Waals surface area contributed by atoms with Gasteiger partial charge < -0.3 is 0 Å². The molecular weight excluding hydrogens is 341 g/mol. The summed E-state index contributed by atoms with van der Waals surface area (Å²) in [5.74, 6) is 0. The molecule has 0 radical (unpaired) electrons.